The van der Waals surface area contributed by atoms with E-state index < -0.39 is 41.3 Å². The molecule has 2 saturated heterocycles. The summed E-state index contributed by atoms with van der Waals surface area (Å²) in [6.07, 6.45) is 0. The highest BCUT2D eigenvalue weighted by molar-refractivity contribution is 8.00. The zero-order chi connectivity index (χ0) is 19.8. The fraction of sp³-hybridized carbons (Fsp3) is 0.412. The van der Waals surface area contributed by atoms with Gasteiger partial charge < -0.3 is 26.4 Å². The Labute approximate surface area is 159 Å². The molecular weight excluding hydrogens is 372 g/mol. The number of carboxylic acids is 1. The van der Waals surface area contributed by atoms with Gasteiger partial charge in [0.25, 0.3) is 0 Å². The molecule has 1 aromatic carbocycles. The van der Waals surface area contributed by atoms with E-state index in [1.54, 1.807) is 24.3 Å². The molecule has 0 saturated carbocycles. The van der Waals surface area contributed by atoms with Crippen LogP contribution < -0.4 is 16.4 Å². The van der Waals surface area contributed by atoms with E-state index >= 15 is 0 Å². The summed E-state index contributed by atoms with van der Waals surface area (Å²) in [6, 6.07) is 7.13. The summed E-state index contributed by atoms with van der Waals surface area (Å²) in [5, 5.41) is 14.2. The third-order valence-corrected chi connectivity index (χ3v) is 6.17. The molecule has 2 aliphatic heterocycles. The Balaban J connectivity index is 1.66. The second-order valence-corrected chi connectivity index (χ2v) is 7.72. The quantitative estimate of drug-likeness (QED) is 0.473. The number of nitrogens with two attached hydrogens (primary N) is 1. The average Bonchev–Trinajstić information content (AvgIpc) is 2.65. The molecule has 3 rings (SSSR count). The maximum Gasteiger partial charge on any atom is 0.332 e. The molecule has 0 spiro atoms. The van der Waals surface area contributed by atoms with Crippen molar-refractivity contribution >= 4 is 35.5 Å². The van der Waals surface area contributed by atoms with Crippen LogP contribution in [0.1, 0.15) is 18.5 Å². The van der Waals surface area contributed by atoms with Gasteiger partial charge >= 0.3 is 5.97 Å². The minimum Gasteiger partial charge on any atom is -0.479 e. The lowest BCUT2D eigenvalue weighted by molar-refractivity contribution is -0.157. The van der Waals surface area contributed by atoms with E-state index in [9.17, 15) is 24.3 Å². The summed E-state index contributed by atoms with van der Waals surface area (Å²) in [5.41, 5.74) is 5.05. The zero-order valence-corrected chi connectivity index (χ0v) is 15.4. The molecule has 2 fully saturated rings. The normalized spacial score (nSPS) is 27.8. The molecule has 10 heteroatoms. The number of rotatable bonds is 5. The minimum atomic E-state index is -1.53. The van der Waals surface area contributed by atoms with Gasteiger partial charge in [0.2, 0.25) is 17.7 Å². The van der Waals surface area contributed by atoms with E-state index in [2.05, 4.69) is 10.6 Å². The second kappa shape index (κ2) is 7.20. The van der Waals surface area contributed by atoms with Gasteiger partial charge in [-0.2, -0.15) is 0 Å². The molecule has 27 heavy (non-hydrogen) atoms. The van der Waals surface area contributed by atoms with Crippen molar-refractivity contribution in [2.24, 2.45) is 5.73 Å². The number of carbonyl (C=O) groups excluding carboxylic acids is 3. The van der Waals surface area contributed by atoms with Crippen LogP contribution in [0.4, 0.5) is 0 Å². The number of carbonyl (C=O) groups is 4. The number of nitrogens with one attached hydrogen (secondary N) is 2. The van der Waals surface area contributed by atoms with Crippen LogP contribution in [0.25, 0.3) is 0 Å². The van der Waals surface area contributed by atoms with Gasteiger partial charge in [-0.25, -0.2) is 4.79 Å². The maximum absolute atomic E-state index is 12.4. The Bertz CT molecular complexity index is 789. The fourth-order valence-electron chi connectivity index (χ4n) is 3.23. The van der Waals surface area contributed by atoms with Gasteiger partial charge in [0.05, 0.1) is 6.54 Å². The molecule has 3 amide bonds. The first-order valence-electron chi connectivity index (χ1n) is 8.30. The maximum atomic E-state index is 12.4. The third kappa shape index (κ3) is 3.50. The first kappa shape index (κ1) is 19.2. The van der Waals surface area contributed by atoms with Gasteiger partial charge in [-0.1, -0.05) is 30.3 Å². The number of hydrogen-bond acceptors (Lipinski definition) is 6. The van der Waals surface area contributed by atoms with Gasteiger partial charge in [-0.15, -0.1) is 11.8 Å². The number of thioether (sulfide) groups is 1. The van der Waals surface area contributed by atoms with Crippen molar-refractivity contribution in [3.8, 4) is 0 Å². The van der Waals surface area contributed by atoms with E-state index in [0.29, 0.717) is 5.56 Å². The Hall–Kier alpha value is -2.59. The molecule has 4 atom stereocenters. The lowest BCUT2D eigenvalue weighted by Gasteiger charge is -2.53. The predicted molar refractivity (Wildman–Crippen MR) is 97.4 cm³/mol. The number of hydrogen-bond donors (Lipinski definition) is 4. The second-order valence-electron chi connectivity index (χ2n) is 6.61. The van der Waals surface area contributed by atoms with Gasteiger partial charge in [-0.05, 0) is 5.56 Å². The van der Waals surface area contributed by atoms with Crippen LogP contribution in [-0.2, 0) is 19.2 Å². The van der Waals surface area contributed by atoms with Crippen LogP contribution in [0.2, 0.25) is 0 Å². The van der Waals surface area contributed by atoms with Crippen molar-refractivity contribution in [2.45, 2.75) is 29.9 Å². The lowest BCUT2D eigenvalue weighted by atomic mass is 9.96. The largest absolute Gasteiger partial charge is 0.479 e. The molecule has 144 valence electrons. The molecule has 0 bridgehead atoms. The summed E-state index contributed by atoms with van der Waals surface area (Å²) in [5.74, 6) is -2.46. The Morgan fingerprint density at radius 3 is 2.59 bits per heavy atom. The van der Waals surface area contributed by atoms with Crippen LogP contribution >= 0.6 is 11.8 Å². The third-order valence-electron chi connectivity index (χ3n) is 4.65. The van der Waals surface area contributed by atoms with Crippen molar-refractivity contribution in [1.82, 2.24) is 15.5 Å². The van der Waals surface area contributed by atoms with Gasteiger partial charge in [-0.3, -0.25) is 14.4 Å². The fourth-order valence-corrected chi connectivity index (χ4v) is 4.70. The molecule has 9 nitrogen and oxygen atoms in total. The summed E-state index contributed by atoms with van der Waals surface area (Å²) >= 11 is 1.21. The molecule has 2 aliphatic rings. The minimum absolute atomic E-state index is 0.0907. The summed E-state index contributed by atoms with van der Waals surface area (Å²) in [4.78, 5) is 49.2. The standard InChI is InChI=1S/C17H20N4O5S/c1-9(22)20-17(16(25)26)7-21-14(24)12(15(21)27-8-17)19-13(23)11(18)10-5-3-2-4-6-10/h2-6,11-12,15H,7-8,18H2,1H3,(H,19,23)(H,20,22)(H,25,26)/t11?,12?,15-,17?/m1/s1. The highest BCUT2D eigenvalue weighted by atomic mass is 32.2. The number of nitrogens with zero attached hydrogens (tertiary/aromatic N) is 1. The van der Waals surface area contributed by atoms with Crippen LogP contribution in [0.5, 0.6) is 0 Å². The molecule has 0 radical (unpaired) electrons. The summed E-state index contributed by atoms with van der Waals surface area (Å²) < 4.78 is 0. The number of β-lactam (4-membered cyclic amide) rings is 1. The Morgan fingerprint density at radius 1 is 1.33 bits per heavy atom. The van der Waals surface area contributed by atoms with E-state index in [1.165, 1.54) is 23.6 Å². The summed E-state index contributed by atoms with van der Waals surface area (Å²) in [7, 11) is 0. The van der Waals surface area contributed by atoms with Crippen molar-refractivity contribution in [2.75, 3.05) is 12.3 Å². The van der Waals surface area contributed by atoms with Crippen LogP contribution in [0.15, 0.2) is 30.3 Å². The smallest absolute Gasteiger partial charge is 0.332 e. The molecule has 0 aliphatic carbocycles. The first-order chi connectivity index (χ1) is 12.7. The topological polar surface area (TPSA) is 142 Å². The number of fused-ring (bicyclic) bond motifs is 1. The molecule has 3 unspecified atom stereocenters. The molecule has 2 heterocycles. The van der Waals surface area contributed by atoms with Crippen molar-refractivity contribution < 1.29 is 24.3 Å². The van der Waals surface area contributed by atoms with Crippen molar-refractivity contribution in [3.05, 3.63) is 35.9 Å². The molecule has 0 aromatic heterocycles. The van der Waals surface area contributed by atoms with Crippen molar-refractivity contribution in [1.29, 1.82) is 0 Å². The molecular formula is C17H20N4O5S. The number of amides is 3. The average molecular weight is 392 g/mol. The zero-order valence-electron chi connectivity index (χ0n) is 14.5. The number of benzene rings is 1. The van der Waals surface area contributed by atoms with Gasteiger partial charge in [0.1, 0.15) is 17.5 Å². The van der Waals surface area contributed by atoms with Gasteiger partial charge in [0.15, 0.2) is 5.54 Å². The van der Waals surface area contributed by atoms with Crippen LogP contribution in [0.3, 0.4) is 0 Å². The predicted octanol–water partition coefficient (Wildman–Crippen LogP) is -0.954. The number of carboxylic acid groups (broad SMARTS) is 1. The van der Waals surface area contributed by atoms with Crippen LogP contribution in [0, 0.1) is 0 Å². The first-order valence-corrected chi connectivity index (χ1v) is 9.35. The van der Waals surface area contributed by atoms with E-state index in [1.807, 2.05) is 6.07 Å². The van der Waals surface area contributed by atoms with E-state index in [4.69, 9.17) is 5.73 Å². The lowest BCUT2D eigenvalue weighted by Crippen LogP contribution is -2.77. The van der Waals surface area contributed by atoms with Gasteiger partial charge in [0, 0.05) is 12.7 Å². The van der Waals surface area contributed by atoms with E-state index in [-0.39, 0.29) is 17.7 Å². The van der Waals surface area contributed by atoms with Crippen molar-refractivity contribution in [3.63, 3.8) is 0 Å². The van der Waals surface area contributed by atoms with Crippen LogP contribution in [-0.4, -0.2) is 62.9 Å². The molecule has 1 aromatic rings. The summed E-state index contributed by atoms with van der Waals surface area (Å²) in [6.45, 7) is 1.09. The highest BCUT2D eigenvalue weighted by Gasteiger charge is 2.58. The molecule has 5 N–H and O–H groups in total. The monoisotopic (exact) mass is 392 g/mol. The SMILES string of the molecule is CC(=O)NC1(C(=O)O)CS[C@@H]2C(NC(=O)C(N)c3ccccc3)C(=O)N2C1. The Morgan fingerprint density at radius 2 is 2.00 bits per heavy atom. The highest BCUT2D eigenvalue weighted by Crippen LogP contribution is 2.38. The Kier molecular flexibility index (Phi) is 5.11. The van der Waals surface area contributed by atoms with E-state index in [0.717, 1.165) is 0 Å². The number of aliphatic carboxylic acids is 1.